The largest absolute Gasteiger partial charge is 0.309 e. The summed E-state index contributed by atoms with van der Waals surface area (Å²) in [4.78, 5) is 0. The van der Waals surface area contributed by atoms with E-state index < -0.39 is 0 Å². The number of para-hydroxylation sites is 2. The lowest BCUT2D eigenvalue weighted by Crippen LogP contribution is -1.99. The van der Waals surface area contributed by atoms with Crippen molar-refractivity contribution in [3.05, 3.63) is 175 Å². The van der Waals surface area contributed by atoms with Crippen LogP contribution in [-0.4, -0.2) is 4.57 Å². The molecule has 9 aromatic rings. The summed E-state index contributed by atoms with van der Waals surface area (Å²) in [5.74, 6) is 0. The van der Waals surface area contributed by atoms with Crippen molar-refractivity contribution in [1.29, 1.82) is 10.5 Å². The van der Waals surface area contributed by atoms with E-state index in [9.17, 15) is 10.5 Å². The van der Waals surface area contributed by atoms with Crippen LogP contribution in [0.2, 0.25) is 0 Å². The number of benzene rings is 8. The van der Waals surface area contributed by atoms with Gasteiger partial charge in [-0.05, 0) is 80.2 Å². The molecule has 0 saturated heterocycles. The summed E-state index contributed by atoms with van der Waals surface area (Å²) in [6.07, 6.45) is 0. The molecule has 3 heteroatoms. The lowest BCUT2D eigenvalue weighted by Gasteiger charge is -2.21. The van der Waals surface area contributed by atoms with Crippen LogP contribution in [0.4, 0.5) is 0 Å². The van der Waals surface area contributed by atoms with E-state index in [0.717, 1.165) is 71.6 Å². The molecule has 0 amide bonds. The van der Waals surface area contributed by atoms with Gasteiger partial charge in [0.05, 0.1) is 34.3 Å². The minimum absolute atomic E-state index is 0.522. The van der Waals surface area contributed by atoms with Gasteiger partial charge in [0.25, 0.3) is 0 Å². The van der Waals surface area contributed by atoms with Crippen LogP contribution in [0, 0.1) is 22.7 Å². The second kappa shape index (κ2) is 11.4. The van der Waals surface area contributed by atoms with Crippen molar-refractivity contribution in [1.82, 2.24) is 4.57 Å². The van der Waals surface area contributed by atoms with Gasteiger partial charge in [-0.1, -0.05) is 127 Å². The molecule has 49 heavy (non-hydrogen) atoms. The Balaban J connectivity index is 1.40. The Bertz CT molecular complexity index is 2740. The van der Waals surface area contributed by atoms with E-state index in [2.05, 4.69) is 156 Å². The Kier molecular flexibility index (Phi) is 6.58. The minimum atomic E-state index is 0.522. The molecule has 1 aromatic heterocycles. The van der Waals surface area contributed by atoms with Crippen LogP contribution < -0.4 is 0 Å². The van der Waals surface area contributed by atoms with E-state index in [0.29, 0.717) is 11.1 Å². The maximum atomic E-state index is 10.7. The standard InChI is InChI=1S/C46H27N3/c47-28-32-25-26-33(29-48)45(46-39-21-6-4-19-37(39)44(30-13-2-1-3-14-30)38-20-5-7-22-40(38)46)43(32)31-15-12-16-34(27-31)49-41-23-10-8-17-35(41)36-18-9-11-24-42(36)49/h1-27H. The zero-order valence-corrected chi connectivity index (χ0v) is 26.4. The van der Waals surface area contributed by atoms with E-state index in [1.807, 2.05) is 12.1 Å². The topological polar surface area (TPSA) is 52.5 Å². The fourth-order valence-electron chi connectivity index (χ4n) is 7.66. The second-order valence-electron chi connectivity index (χ2n) is 12.3. The van der Waals surface area contributed by atoms with Crippen LogP contribution in [0.5, 0.6) is 0 Å². The van der Waals surface area contributed by atoms with Crippen molar-refractivity contribution >= 4 is 43.4 Å². The molecule has 0 aliphatic rings. The third-order valence-electron chi connectivity index (χ3n) is 9.66. The fourth-order valence-corrected chi connectivity index (χ4v) is 7.66. The maximum absolute atomic E-state index is 10.7. The smallest absolute Gasteiger partial charge is 0.0998 e. The van der Waals surface area contributed by atoms with Gasteiger partial charge in [0, 0.05) is 27.6 Å². The van der Waals surface area contributed by atoms with Gasteiger partial charge in [0.1, 0.15) is 0 Å². The number of fused-ring (bicyclic) bond motifs is 5. The van der Waals surface area contributed by atoms with Gasteiger partial charge in [0.2, 0.25) is 0 Å². The lowest BCUT2D eigenvalue weighted by molar-refractivity contribution is 1.18. The quantitative estimate of drug-likeness (QED) is 0.184. The summed E-state index contributed by atoms with van der Waals surface area (Å²) >= 11 is 0. The molecule has 0 aliphatic heterocycles. The first kappa shape index (κ1) is 28.3. The van der Waals surface area contributed by atoms with Gasteiger partial charge < -0.3 is 4.57 Å². The Hall–Kier alpha value is -6.94. The Morgan fingerprint density at radius 3 is 1.35 bits per heavy atom. The van der Waals surface area contributed by atoms with Crippen molar-refractivity contribution in [2.45, 2.75) is 0 Å². The summed E-state index contributed by atoms with van der Waals surface area (Å²) in [6.45, 7) is 0. The lowest BCUT2D eigenvalue weighted by atomic mass is 9.81. The molecule has 0 bridgehead atoms. The van der Waals surface area contributed by atoms with Crippen LogP contribution in [0.3, 0.4) is 0 Å². The molecule has 0 spiro atoms. The van der Waals surface area contributed by atoms with Crippen molar-refractivity contribution in [3.8, 4) is 51.2 Å². The molecule has 0 unspecified atom stereocenters. The monoisotopic (exact) mass is 621 g/mol. The van der Waals surface area contributed by atoms with Crippen molar-refractivity contribution < 1.29 is 0 Å². The Morgan fingerprint density at radius 1 is 0.347 bits per heavy atom. The van der Waals surface area contributed by atoms with Crippen LogP contribution in [0.25, 0.3) is 82.4 Å². The number of hydrogen-bond acceptors (Lipinski definition) is 2. The maximum Gasteiger partial charge on any atom is 0.0998 e. The second-order valence-corrected chi connectivity index (χ2v) is 12.3. The zero-order chi connectivity index (χ0) is 32.9. The number of rotatable bonds is 4. The molecule has 1 heterocycles. The van der Waals surface area contributed by atoms with E-state index in [-0.39, 0.29) is 0 Å². The number of aromatic nitrogens is 1. The Labute approximate surface area is 283 Å². The van der Waals surface area contributed by atoms with E-state index >= 15 is 0 Å². The highest BCUT2D eigenvalue weighted by Gasteiger charge is 2.24. The summed E-state index contributed by atoms with van der Waals surface area (Å²) < 4.78 is 2.29. The predicted octanol–water partition coefficient (Wildman–Crippen LogP) is 11.8. The SMILES string of the molecule is N#Cc1ccc(C#N)c(-c2c3ccccc3c(-c3ccccc3)c3ccccc23)c1-c1cccc(-n2c3ccccc3c3ccccc32)c1. The first-order chi connectivity index (χ1) is 24.3. The molecule has 0 aliphatic carbocycles. The highest BCUT2D eigenvalue weighted by Crippen LogP contribution is 2.48. The minimum Gasteiger partial charge on any atom is -0.309 e. The van der Waals surface area contributed by atoms with Crippen LogP contribution in [0.15, 0.2) is 164 Å². The molecular weight excluding hydrogens is 595 g/mol. The third kappa shape index (κ3) is 4.35. The first-order valence-electron chi connectivity index (χ1n) is 16.3. The average Bonchev–Trinajstić information content (AvgIpc) is 3.51. The zero-order valence-electron chi connectivity index (χ0n) is 26.4. The highest BCUT2D eigenvalue weighted by molar-refractivity contribution is 6.23. The fraction of sp³-hybridized carbons (Fsp3) is 0. The predicted molar refractivity (Wildman–Crippen MR) is 202 cm³/mol. The average molecular weight is 622 g/mol. The van der Waals surface area contributed by atoms with Gasteiger partial charge >= 0.3 is 0 Å². The summed E-state index contributed by atoms with van der Waals surface area (Å²) in [5.41, 5.74) is 9.91. The molecule has 0 atom stereocenters. The van der Waals surface area contributed by atoms with E-state index in [1.165, 1.54) is 10.8 Å². The normalized spacial score (nSPS) is 11.2. The van der Waals surface area contributed by atoms with Crippen LogP contribution in [-0.2, 0) is 0 Å². The molecular formula is C46H27N3. The molecule has 8 aromatic carbocycles. The molecule has 0 fully saturated rings. The number of hydrogen-bond donors (Lipinski definition) is 0. The van der Waals surface area contributed by atoms with Crippen LogP contribution in [0.1, 0.15) is 11.1 Å². The van der Waals surface area contributed by atoms with Crippen molar-refractivity contribution in [2.75, 3.05) is 0 Å². The number of nitrogens with zero attached hydrogens (tertiary/aromatic N) is 3. The summed E-state index contributed by atoms with van der Waals surface area (Å²) in [7, 11) is 0. The van der Waals surface area contributed by atoms with Crippen molar-refractivity contribution in [2.24, 2.45) is 0 Å². The van der Waals surface area contributed by atoms with E-state index in [4.69, 9.17) is 0 Å². The highest BCUT2D eigenvalue weighted by atomic mass is 15.0. The van der Waals surface area contributed by atoms with Gasteiger partial charge in [0.15, 0.2) is 0 Å². The van der Waals surface area contributed by atoms with Gasteiger partial charge in [-0.2, -0.15) is 10.5 Å². The number of nitriles is 2. The summed E-state index contributed by atoms with van der Waals surface area (Å²) in [5, 5.41) is 28.0. The molecule has 0 radical (unpaired) electrons. The summed E-state index contributed by atoms with van der Waals surface area (Å²) in [6, 6.07) is 61.2. The molecule has 0 saturated carbocycles. The van der Waals surface area contributed by atoms with Gasteiger partial charge in [-0.15, -0.1) is 0 Å². The third-order valence-corrected chi connectivity index (χ3v) is 9.66. The van der Waals surface area contributed by atoms with E-state index in [1.54, 1.807) is 12.1 Å². The molecule has 226 valence electrons. The molecule has 9 rings (SSSR count). The van der Waals surface area contributed by atoms with Crippen molar-refractivity contribution in [3.63, 3.8) is 0 Å². The Morgan fingerprint density at radius 2 is 0.796 bits per heavy atom. The molecule has 0 N–H and O–H groups in total. The molecule has 3 nitrogen and oxygen atoms in total. The van der Waals surface area contributed by atoms with Gasteiger partial charge in [-0.3, -0.25) is 0 Å². The first-order valence-corrected chi connectivity index (χ1v) is 16.3. The van der Waals surface area contributed by atoms with Gasteiger partial charge in [-0.25, -0.2) is 0 Å². The van der Waals surface area contributed by atoms with Crippen LogP contribution >= 0.6 is 0 Å².